The molecule has 2 atom stereocenters. The van der Waals surface area contributed by atoms with Gasteiger partial charge in [-0.3, -0.25) is 9.59 Å². The molecule has 0 bridgehead atoms. The van der Waals surface area contributed by atoms with E-state index < -0.39 is 0 Å². The van der Waals surface area contributed by atoms with Crippen molar-refractivity contribution in [3.05, 3.63) is 35.4 Å². The molecule has 1 aliphatic rings. The highest BCUT2D eigenvalue weighted by Crippen LogP contribution is 2.42. The van der Waals surface area contributed by atoms with Gasteiger partial charge in [0.2, 0.25) is 11.8 Å². The molecule has 1 aromatic rings. The van der Waals surface area contributed by atoms with Crippen LogP contribution in [0.3, 0.4) is 0 Å². The second kappa shape index (κ2) is 5.87. The number of nitrogens with zero attached hydrogens (tertiary/aromatic N) is 2. The standard InChI is InChI=1S/C15H20N2O2S/c1-10-5-7-12(8-6-10)15-17(9-13(18)16(3)4)14(19)11(2)20-15/h5-8,11,15H,9H2,1-4H3/t11-,15+/m0/s1. The third kappa shape index (κ3) is 2.98. The monoisotopic (exact) mass is 292 g/mol. The SMILES string of the molecule is Cc1ccc([C@H]2S[C@@H](C)C(=O)N2CC(=O)N(C)C)cc1. The fraction of sp³-hybridized carbons (Fsp3) is 0.467. The van der Waals surface area contributed by atoms with Gasteiger partial charge in [-0.15, -0.1) is 11.8 Å². The van der Waals surface area contributed by atoms with Crippen LogP contribution in [-0.2, 0) is 9.59 Å². The first-order chi connectivity index (χ1) is 9.40. The molecule has 0 unspecified atom stereocenters. The van der Waals surface area contributed by atoms with Crippen LogP contribution in [0.1, 0.15) is 23.4 Å². The molecule has 2 rings (SSSR count). The molecule has 5 heteroatoms. The molecule has 1 aromatic carbocycles. The fourth-order valence-corrected chi connectivity index (χ4v) is 3.39. The Labute approximate surface area is 124 Å². The first kappa shape index (κ1) is 14.9. The number of carbonyl (C=O) groups excluding carboxylic acids is 2. The van der Waals surface area contributed by atoms with Crippen molar-refractivity contribution >= 4 is 23.6 Å². The molecule has 1 fully saturated rings. The van der Waals surface area contributed by atoms with Crippen LogP contribution in [0.2, 0.25) is 0 Å². The van der Waals surface area contributed by atoms with E-state index in [4.69, 9.17) is 0 Å². The molecule has 2 amide bonds. The van der Waals surface area contributed by atoms with Gasteiger partial charge in [-0.2, -0.15) is 0 Å². The topological polar surface area (TPSA) is 40.6 Å². The number of thioether (sulfide) groups is 1. The molecule has 4 nitrogen and oxygen atoms in total. The van der Waals surface area contributed by atoms with Gasteiger partial charge in [0.25, 0.3) is 0 Å². The average Bonchev–Trinajstić information content (AvgIpc) is 2.68. The predicted molar refractivity (Wildman–Crippen MR) is 81.4 cm³/mol. The van der Waals surface area contributed by atoms with Gasteiger partial charge >= 0.3 is 0 Å². The molecule has 0 radical (unpaired) electrons. The van der Waals surface area contributed by atoms with Crippen LogP contribution in [0.5, 0.6) is 0 Å². The average molecular weight is 292 g/mol. The molecule has 20 heavy (non-hydrogen) atoms. The first-order valence-electron chi connectivity index (χ1n) is 6.63. The molecule has 0 spiro atoms. The van der Waals surface area contributed by atoms with E-state index in [1.54, 1.807) is 30.8 Å². The summed E-state index contributed by atoms with van der Waals surface area (Å²) in [5, 5.41) is -0.168. The Morgan fingerprint density at radius 3 is 2.45 bits per heavy atom. The minimum atomic E-state index is -0.101. The highest BCUT2D eigenvalue weighted by Gasteiger charge is 2.39. The number of hydrogen-bond acceptors (Lipinski definition) is 3. The number of rotatable bonds is 3. The van der Waals surface area contributed by atoms with Gasteiger partial charge in [-0.05, 0) is 19.4 Å². The van der Waals surface area contributed by atoms with Gasteiger partial charge < -0.3 is 9.80 Å². The Kier molecular flexibility index (Phi) is 4.38. The fourth-order valence-electron chi connectivity index (χ4n) is 2.11. The Hall–Kier alpha value is -1.49. The van der Waals surface area contributed by atoms with Gasteiger partial charge in [-0.1, -0.05) is 29.8 Å². The van der Waals surface area contributed by atoms with Crippen LogP contribution < -0.4 is 0 Å². The first-order valence-corrected chi connectivity index (χ1v) is 7.57. The smallest absolute Gasteiger partial charge is 0.241 e. The van der Waals surface area contributed by atoms with E-state index in [9.17, 15) is 9.59 Å². The predicted octanol–water partition coefficient (Wildman–Crippen LogP) is 2.05. The van der Waals surface area contributed by atoms with Crippen LogP contribution in [0.15, 0.2) is 24.3 Å². The molecule has 0 saturated carbocycles. The van der Waals surface area contributed by atoms with E-state index in [1.165, 1.54) is 10.5 Å². The van der Waals surface area contributed by atoms with Crippen molar-refractivity contribution in [3.8, 4) is 0 Å². The summed E-state index contributed by atoms with van der Waals surface area (Å²) in [6.45, 7) is 4.07. The summed E-state index contributed by atoms with van der Waals surface area (Å²) < 4.78 is 0. The number of likely N-dealkylation sites (N-methyl/N-ethyl adjacent to an activating group) is 1. The van der Waals surface area contributed by atoms with E-state index in [2.05, 4.69) is 0 Å². The van der Waals surface area contributed by atoms with Crippen LogP contribution in [0.25, 0.3) is 0 Å². The quantitative estimate of drug-likeness (QED) is 0.856. The third-order valence-electron chi connectivity index (χ3n) is 3.41. The Morgan fingerprint density at radius 2 is 1.90 bits per heavy atom. The van der Waals surface area contributed by atoms with Crippen LogP contribution in [0, 0.1) is 6.92 Å². The second-order valence-electron chi connectivity index (χ2n) is 5.30. The lowest BCUT2D eigenvalue weighted by Crippen LogP contribution is -2.39. The molecule has 0 N–H and O–H groups in total. The van der Waals surface area contributed by atoms with Crippen molar-refractivity contribution in [1.29, 1.82) is 0 Å². The normalized spacial score (nSPS) is 22.2. The summed E-state index contributed by atoms with van der Waals surface area (Å²) in [4.78, 5) is 27.4. The lowest BCUT2D eigenvalue weighted by Gasteiger charge is -2.25. The van der Waals surface area contributed by atoms with E-state index >= 15 is 0 Å². The largest absolute Gasteiger partial charge is 0.347 e. The van der Waals surface area contributed by atoms with Crippen molar-refractivity contribution in [2.75, 3.05) is 20.6 Å². The number of aryl methyl sites for hydroxylation is 1. The van der Waals surface area contributed by atoms with Crippen LogP contribution >= 0.6 is 11.8 Å². The lowest BCUT2D eigenvalue weighted by atomic mass is 10.1. The zero-order valence-corrected chi connectivity index (χ0v) is 13.1. The van der Waals surface area contributed by atoms with E-state index in [0.717, 1.165) is 5.56 Å². The van der Waals surface area contributed by atoms with Crippen molar-refractivity contribution in [2.24, 2.45) is 0 Å². The van der Waals surface area contributed by atoms with Gasteiger partial charge in [-0.25, -0.2) is 0 Å². The Bertz CT molecular complexity index is 513. The molecule has 1 saturated heterocycles. The zero-order valence-electron chi connectivity index (χ0n) is 12.3. The van der Waals surface area contributed by atoms with Crippen LogP contribution in [0.4, 0.5) is 0 Å². The summed E-state index contributed by atoms with van der Waals surface area (Å²) in [6, 6.07) is 8.14. The second-order valence-corrected chi connectivity index (χ2v) is 6.72. The highest BCUT2D eigenvalue weighted by atomic mass is 32.2. The van der Waals surface area contributed by atoms with Gasteiger partial charge in [0, 0.05) is 14.1 Å². The maximum atomic E-state index is 12.2. The van der Waals surface area contributed by atoms with Crippen LogP contribution in [-0.4, -0.2) is 47.5 Å². The molecule has 0 aliphatic carbocycles. The van der Waals surface area contributed by atoms with Crippen molar-refractivity contribution in [3.63, 3.8) is 0 Å². The van der Waals surface area contributed by atoms with Crippen molar-refractivity contribution in [1.82, 2.24) is 9.80 Å². The maximum Gasteiger partial charge on any atom is 0.241 e. The lowest BCUT2D eigenvalue weighted by molar-refractivity contribution is -0.138. The minimum Gasteiger partial charge on any atom is -0.347 e. The summed E-state index contributed by atoms with van der Waals surface area (Å²) in [5.41, 5.74) is 2.26. The molecule has 1 heterocycles. The van der Waals surface area contributed by atoms with Crippen molar-refractivity contribution < 1.29 is 9.59 Å². The molecule has 0 aromatic heterocycles. The van der Waals surface area contributed by atoms with Gasteiger partial charge in [0.1, 0.15) is 11.9 Å². The summed E-state index contributed by atoms with van der Waals surface area (Å²) in [7, 11) is 3.42. The maximum absolute atomic E-state index is 12.2. The summed E-state index contributed by atoms with van der Waals surface area (Å²) in [6.07, 6.45) is 0. The summed E-state index contributed by atoms with van der Waals surface area (Å²) >= 11 is 1.60. The highest BCUT2D eigenvalue weighted by molar-refractivity contribution is 8.01. The van der Waals surface area contributed by atoms with Gasteiger partial charge in [0.05, 0.1) is 5.25 Å². The Morgan fingerprint density at radius 1 is 1.30 bits per heavy atom. The molecule has 1 aliphatic heterocycles. The molecular weight excluding hydrogens is 272 g/mol. The number of amides is 2. The molecular formula is C15H20N2O2S. The minimum absolute atomic E-state index is 0.0378. The van der Waals surface area contributed by atoms with Crippen molar-refractivity contribution in [2.45, 2.75) is 24.5 Å². The molecule has 108 valence electrons. The number of carbonyl (C=O) groups is 2. The third-order valence-corrected chi connectivity index (χ3v) is 4.81. The zero-order chi connectivity index (χ0) is 14.9. The number of hydrogen-bond donors (Lipinski definition) is 0. The summed E-state index contributed by atoms with van der Waals surface area (Å²) in [5.74, 6) is -0.0130. The van der Waals surface area contributed by atoms with E-state index in [-0.39, 0.29) is 29.0 Å². The van der Waals surface area contributed by atoms with Gasteiger partial charge in [0.15, 0.2) is 0 Å². The van der Waals surface area contributed by atoms with E-state index in [1.807, 2.05) is 38.1 Å². The number of benzene rings is 1. The van der Waals surface area contributed by atoms with E-state index in [0.29, 0.717) is 0 Å². The Balaban J connectivity index is 2.23.